The Morgan fingerprint density at radius 1 is 1.75 bits per heavy atom. The summed E-state index contributed by atoms with van der Waals surface area (Å²) in [5, 5.41) is 7.68. The lowest BCUT2D eigenvalue weighted by Crippen LogP contribution is -1.99. The first-order chi connectivity index (χ1) is 5.77. The standard InChI is InChI=1S/C7H11BrFN3/c1-2-6(8)7-5-12(4-3-9)11-10-7/h5-6H,2-4H2,1H3. The van der Waals surface area contributed by atoms with Gasteiger partial charge in [0.25, 0.3) is 0 Å². The monoisotopic (exact) mass is 235 g/mol. The summed E-state index contributed by atoms with van der Waals surface area (Å²) in [5.74, 6) is 0. The maximum Gasteiger partial charge on any atom is 0.109 e. The average Bonchev–Trinajstić information content (AvgIpc) is 2.52. The number of hydrogen-bond acceptors (Lipinski definition) is 2. The lowest BCUT2D eigenvalue weighted by molar-refractivity contribution is 0.422. The van der Waals surface area contributed by atoms with Gasteiger partial charge in [-0.2, -0.15) is 0 Å². The molecule has 0 saturated heterocycles. The van der Waals surface area contributed by atoms with Crippen molar-refractivity contribution in [2.45, 2.75) is 24.7 Å². The molecule has 0 aliphatic heterocycles. The number of hydrogen-bond donors (Lipinski definition) is 0. The molecule has 0 amide bonds. The highest BCUT2D eigenvalue weighted by molar-refractivity contribution is 9.09. The fourth-order valence-electron chi connectivity index (χ4n) is 0.862. The van der Waals surface area contributed by atoms with Gasteiger partial charge in [0.1, 0.15) is 6.67 Å². The van der Waals surface area contributed by atoms with E-state index in [0.717, 1.165) is 12.1 Å². The number of rotatable bonds is 4. The number of nitrogens with zero attached hydrogens (tertiary/aromatic N) is 3. The largest absolute Gasteiger partial charge is 0.250 e. The third-order valence-corrected chi connectivity index (χ3v) is 2.67. The molecule has 68 valence electrons. The Hall–Kier alpha value is -0.450. The average molecular weight is 236 g/mol. The van der Waals surface area contributed by atoms with Gasteiger partial charge in [-0.1, -0.05) is 28.1 Å². The molecular formula is C7H11BrFN3. The number of aromatic nitrogens is 3. The van der Waals surface area contributed by atoms with Crippen LogP contribution in [0.3, 0.4) is 0 Å². The summed E-state index contributed by atoms with van der Waals surface area (Å²) < 4.78 is 13.4. The van der Waals surface area contributed by atoms with Crippen LogP contribution in [0.1, 0.15) is 23.9 Å². The molecule has 0 fully saturated rings. The van der Waals surface area contributed by atoms with Gasteiger partial charge in [-0.25, -0.2) is 9.07 Å². The first kappa shape index (κ1) is 9.64. The van der Waals surface area contributed by atoms with Crippen LogP contribution in [-0.4, -0.2) is 21.7 Å². The highest BCUT2D eigenvalue weighted by atomic mass is 79.9. The van der Waals surface area contributed by atoms with E-state index in [2.05, 4.69) is 26.2 Å². The fourth-order valence-corrected chi connectivity index (χ4v) is 1.07. The van der Waals surface area contributed by atoms with Crippen LogP contribution in [0, 0.1) is 0 Å². The van der Waals surface area contributed by atoms with Crippen molar-refractivity contribution in [3.05, 3.63) is 11.9 Å². The zero-order valence-electron chi connectivity index (χ0n) is 6.87. The van der Waals surface area contributed by atoms with E-state index in [0.29, 0.717) is 0 Å². The van der Waals surface area contributed by atoms with Gasteiger partial charge in [0.15, 0.2) is 0 Å². The van der Waals surface area contributed by atoms with Gasteiger partial charge >= 0.3 is 0 Å². The molecule has 0 radical (unpaired) electrons. The Balaban J connectivity index is 2.63. The molecule has 5 heteroatoms. The first-order valence-corrected chi connectivity index (χ1v) is 4.79. The van der Waals surface area contributed by atoms with Gasteiger partial charge in [-0.3, -0.25) is 0 Å². The Labute approximate surface area is 79.1 Å². The highest BCUT2D eigenvalue weighted by Crippen LogP contribution is 2.22. The molecule has 1 atom stereocenters. The normalized spacial score (nSPS) is 13.2. The van der Waals surface area contributed by atoms with Gasteiger partial charge in [0.05, 0.1) is 17.1 Å². The van der Waals surface area contributed by atoms with Gasteiger partial charge in [-0.15, -0.1) is 5.10 Å². The lowest BCUT2D eigenvalue weighted by atomic mass is 10.3. The van der Waals surface area contributed by atoms with Crippen LogP contribution in [0.5, 0.6) is 0 Å². The second-order valence-electron chi connectivity index (χ2n) is 2.47. The van der Waals surface area contributed by atoms with Gasteiger partial charge in [0.2, 0.25) is 0 Å². The zero-order valence-corrected chi connectivity index (χ0v) is 8.46. The van der Waals surface area contributed by atoms with E-state index >= 15 is 0 Å². The predicted octanol–water partition coefficient (Wildman–Crippen LogP) is 2.09. The quantitative estimate of drug-likeness (QED) is 0.749. The van der Waals surface area contributed by atoms with Crippen molar-refractivity contribution < 1.29 is 4.39 Å². The molecule has 0 aromatic carbocycles. The maximum absolute atomic E-state index is 11.9. The van der Waals surface area contributed by atoms with E-state index in [-0.39, 0.29) is 11.4 Å². The van der Waals surface area contributed by atoms with Crippen molar-refractivity contribution in [2.24, 2.45) is 0 Å². The molecule has 0 bridgehead atoms. The summed E-state index contributed by atoms with van der Waals surface area (Å²) in [6.07, 6.45) is 2.72. The van der Waals surface area contributed by atoms with Gasteiger partial charge < -0.3 is 0 Å². The van der Waals surface area contributed by atoms with Crippen LogP contribution in [0.15, 0.2) is 6.20 Å². The Morgan fingerprint density at radius 3 is 3.08 bits per heavy atom. The predicted molar refractivity (Wildman–Crippen MR) is 48.0 cm³/mol. The molecular weight excluding hydrogens is 225 g/mol. The van der Waals surface area contributed by atoms with Crippen molar-refractivity contribution in [1.82, 2.24) is 15.0 Å². The summed E-state index contributed by atoms with van der Waals surface area (Å²) in [5.41, 5.74) is 0.867. The van der Waals surface area contributed by atoms with Crippen LogP contribution in [0.2, 0.25) is 0 Å². The second-order valence-corrected chi connectivity index (χ2v) is 3.58. The van der Waals surface area contributed by atoms with E-state index in [1.165, 1.54) is 4.68 Å². The zero-order chi connectivity index (χ0) is 8.97. The topological polar surface area (TPSA) is 30.7 Å². The molecule has 0 N–H and O–H groups in total. The Kier molecular flexibility index (Phi) is 3.65. The SMILES string of the molecule is CCC(Br)c1cn(CCF)nn1. The molecule has 1 aromatic rings. The molecule has 3 nitrogen and oxygen atoms in total. The van der Waals surface area contributed by atoms with Gasteiger partial charge in [0, 0.05) is 6.20 Å². The van der Waals surface area contributed by atoms with Gasteiger partial charge in [-0.05, 0) is 6.42 Å². The van der Waals surface area contributed by atoms with E-state index in [4.69, 9.17) is 0 Å². The van der Waals surface area contributed by atoms with E-state index in [1.807, 2.05) is 6.92 Å². The Bertz CT molecular complexity index is 238. The van der Waals surface area contributed by atoms with Crippen LogP contribution >= 0.6 is 15.9 Å². The molecule has 1 rings (SSSR count). The summed E-state index contributed by atoms with van der Waals surface area (Å²) in [4.78, 5) is 0.228. The van der Waals surface area contributed by atoms with E-state index in [1.54, 1.807) is 6.20 Å². The van der Waals surface area contributed by atoms with Crippen LogP contribution in [0.4, 0.5) is 4.39 Å². The van der Waals surface area contributed by atoms with E-state index in [9.17, 15) is 4.39 Å². The summed E-state index contributed by atoms with van der Waals surface area (Å²) >= 11 is 3.44. The van der Waals surface area contributed by atoms with Crippen molar-refractivity contribution in [3.8, 4) is 0 Å². The summed E-state index contributed by atoms with van der Waals surface area (Å²) in [6, 6.07) is 0. The third kappa shape index (κ3) is 2.27. The van der Waals surface area contributed by atoms with Crippen molar-refractivity contribution >= 4 is 15.9 Å². The first-order valence-electron chi connectivity index (χ1n) is 3.88. The number of aryl methyl sites for hydroxylation is 1. The number of halogens is 2. The molecule has 12 heavy (non-hydrogen) atoms. The Morgan fingerprint density at radius 2 is 2.50 bits per heavy atom. The molecule has 0 aliphatic rings. The smallest absolute Gasteiger partial charge is 0.109 e. The molecule has 0 saturated carbocycles. The number of alkyl halides is 2. The molecule has 0 aliphatic carbocycles. The van der Waals surface area contributed by atoms with Crippen LogP contribution in [0.25, 0.3) is 0 Å². The van der Waals surface area contributed by atoms with Crippen molar-refractivity contribution in [2.75, 3.05) is 6.67 Å². The minimum atomic E-state index is -0.401. The van der Waals surface area contributed by atoms with E-state index < -0.39 is 6.67 Å². The fraction of sp³-hybridized carbons (Fsp3) is 0.714. The van der Waals surface area contributed by atoms with Crippen molar-refractivity contribution in [3.63, 3.8) is 0 Å². The van der Waals surface area contributed by atoms with Crippen LogP contribution in [-0.2, 0) is 6.54 Å². The lowest BCUT2D eigenvalue weighted by Gasteiger charge is -1.98. The van der Waals surface area contributed by atoms with Crippen LogP contribution < -0.4 is 0 Å². The van der Waals surface area contributed by atoms with Crippen molar-refractivity contribution in [1.29, 1.82) is 0 Å². The minimum absolute atomic E-state index is 0.228. The molecule has 0 spiro atoms. The minimum Gasteiger partial charge on any atom is -0.250 e. The third-order valence-electron chi connectivity index (χ3n) is 1.55. The molecule has 1 unspecified atom stereocenters. The second kappa shape index (κ2) is 4.54. The summed E-state index contributed by atoms with van der Waals surface area (Å²) in [6.45, 7) is 1.94. The maximum atomic E-state index is 11.9. The highest BCUT2D eigenvalue weighted by Gasteiger charge is 2.08. The summed E-state index contributed by atoms with van der Waals surface area (Å²) in [7, 11) is 0. The molecule has 1 heterocycles. The molecule has 1 aromatic heterocycles.